The molecule has 1 rings (SSSR count). The number of hydrogen-bond acceptors (Lipinski definition) is 3. The fourth-order valence-electron chi connectivity index (χ4n) is 1.76. The van der Waals surface area contributed by atoms with Gasteiger partial charge in [0.1, 0.15) is 0 Å². The van der Waals surface area contributed by atoms with E-state index < -0.39 is 6.10 Å². The number of aliphatic hydroxyl groups is 1. The predicted octanol–water partition coefficient (Wildman–Crippen LogP) is 0.831. The Kier molecular flexibility index (Phi) is 5.05. The van der Waals surface area contributed by atoms with Gasteiger partial charge < -0.3 is 15.2 Å². The molecule has 1 saturated heterocycles. The molecule has 1 fully saturated rings. The quantitative estimate of drug-likeness (QED) is 0.714. The third-order valence-corrected chi connectivity index (χ3v) is 2.70. The molecule has 15 heavy (non-hydrogen) atoms. The molecule has 0 aromatic rings. The van der Waals surface area contributed by atoms with Gasteiger partial charge >= 0.3 is 0 Å². The van der Waals surface area contributed by atoms with Crippen molar-refractivity contribution in [2.45, 2.75) is 57.8 Å². The molecule has 1 amide bonds. The molecule has 1 heterocycles. The molecule has 3 unspecified atom stereocenters. The Hall–Kier alpha value is -0.610. The first-order valence-electron chi connectivity index (χ1n) is 5.68. The van der Waals surface area contributed by atoms with Gasteiger partial charge in [0.2, 0.25) is 5.91 Å². The van der Waals surface area contributed by atoms with E-state index in [2.05, 4.69) is 5.32 Å². The highest BCUT2D eigenvalue weighted by atomic mass is 16.5. The lowest BCUT2D eigenvalue weighted by Gasteiger charge is -2.20. The van der Waals surface area contributed by atoms with Crippen LogP contribution in [0.25, 0.3) is 0 Å². The van der Waals surface area contributed by atoms with Gasteiger partial charge in [-0.25, -0.2) is 0 Å². The van der Waals surface area contributed by atoms with E-state index in [1.165, 1.54) is 0 Å². The Morgan fingerprint density at radius 1 is 1.60 bits per heavy atom. The minimum atomic E-state index is -0.409. The molecule has 0 aromatic heterocycles. The van der Waals surface area contributed by atoms with Crippen LogP contribution in [0, 0.1) is 0 Å². The van der Waals surface area contributed by atoms with E-state index in [1.807, 2.05) is 6.92 Å². The summed E-state index contributed by atoms with van der Waals surface area (Å²) in [6.45, 7) is 4.46. The summed E-state index contributed by atoms with van der Waals surface area (Å²) in [7, 11) is 0. The molecule has 2 N–H and O–H groups in total. The fraction of sp³-hybridized carbons (Fsp3) is 0.909. The van der Waals surface area contributed by atoms with Crippen molar-refractivity contribution in [2.75, 3.05) is 6.61 Å². The maximum Gasteiger partial charge on any atom is 0.220 e. The van der Waals surface area contributed by atoms with Crippen molar-refractivity contribution in [3.8, 4) is 0 Å². The largest absolute Gasteiger partial charge is 0.393 e. The van der Waals surface area contributed by atoms with Gasteiger partial charge in [-0.2, -0.15) is 0 Å². The monoisotopic (exact) mass is 215 g/mol. The minimum absolute atomic E-state index is 0.00102. The van der Waals surface area contributed by atoms with E-state index >= 15 is 0 Å². The van der Waals surface area contributed by atoms with Gasteiger partial charge in [-0.1, -0.05) is 0 Å². The molecular weight excluding hydrogens is 194 g/mol. The summed E-state index contributed by atoms with van der Waals surface area (Å²) in [6, 6.07) is 0.0778. The van der Waals surface area contributed by atoms with Gasteiger partial charge in [0.15, 0.2) is 0 Å². The van der Waals surface area contributed by atoms with Crippen molar-refractivity contribution >= 4 is 5.91 Å². The van der Waals surface area contributed by atoms with Crippen molar-refractivity contribution in [3.63, 3.8) is 0 Å². The number of rotatable bonds is 5. The maximum atomic E-state index is 11.4. The van der Waals surface area contributed by atoms with Gasteiger partial charge in [0, 0.05) is 13.0 Å². The molecule has 3 atom stereocenters. The highest BCUT2D eigenvalue weighted by Gasteiger charge is 2.23. The van der Waals surface area contributed by atoms with Crippen LogP contribution in [0.4, 0.5) is 0 Å². The normalized spacial score (nSPS) is 24.9. The highest BCUT2D eigenvalue weighted by Crippen LogP contribution is 2.15. The second-order valence-corrected chi connectivity index (χ2v) is 4.30. The van der Waals surface area contributed by atoms with Crippen LogP contribution in [0.2, 0.25) is 0 Å². The summed E-state index contributed by atoms with van der Waals surface area (Å²) >= 11 is 0. The minimum Gasteiger partial charge on any atom is -0.393 e. The predicted molar refractivity (Wildman–Crippen MR) is 57.5 cm³/mol. The Morgan fingerprint density at radius 2 is 2.33 bits per heavy atom. The maximum absolute atomic E-state index is 11.4. The Labute approximate surface area is 91.0 Å². The lowest BCUT2D eigenvalue weighted by molar-refractivity contribution is -0.123. The number of nitrogens with one attached hydrogen (secondary N) is 1. The standard InChI is InChI=1S/C11H21NO3/c1-8(13)5-6-11(14)12-9(2)10-4-3-7-15-10/h8-10,13H,3-7H2,1-2H3,(H,12,14). The molecular formula is C11H21NO3. The van der Waals surface area contributed by atoms with E-state index in [9.17, 15) is 4.79 Å². The van der Waals surface area contributed by atoms with E-state index in [-0.39, 0.29) is 18.1 Å². The Morgan fingerprint density at radius 3 is 2.87 bits per heavy atom. The third-order valence-electron chi connectivity index (χ3n) is 2.70. The number of carbonyl (C=O) groups is 1. The first-order chi connectivity index (χ1) is 7.09. The molecule has 1 aliphatic rings. The van der Waals surface area contributed by atoms with Crippen LogP contribution < -0.4 is 5.32 Å². The number of carbonyl (C=O) groups excluding carboxylic acids is 1. The Balaban J connectivity index is 2.18. The number of amides is 1. The SMILES string of the molecule is CC(O)CCC(=O)NC(C)C1CCCO1. The van der Waals surface area contributed by atoms with E-state index in [1.54, 1.807) is 6.92 Å². The zero-order valence-corrected chi connectivity index (χ0v) is 9.53. The molecule has 0 saturated carbocycles. The van der Waals surface area contributed by atoms with Gasteiger partial charge in [-0.15, -0.1) is 0 Å². The molecule has 88 valence electrons. The van der Waals surface area contributed by atoms with Crippen molar-refractivity contribution in [1.82, 2.24) is 5.32 Å². The molecule has 4 nitrogen and oxygen atoms in total. The number of hydrogen-bond donors (Lipinski definition) is 2. The van der Waals surface area contributed by atoms with Crippen LogP contribution in [0.15, 0.2) is 0 Å². The first-order valence-corrected chi connectivity index (χ1v) is 5.68. The van der Waals surface area contributed by atoms with Crippen LogP contribution in [-0.2, 0) is 9.53 Å². The van der Waals surface area contributed by atoms with Gasteiger partial charge in [-0.3, -0.25) is 4.79 Å². The van der Waals surface area contributed by atoms with Crippen LogP contribution in [-0.4, -0.2) is 35.9 Å². The highest BCUT2D eigenvalue weighted by molar-refractivity contribution is 5.76. The van der Waals surface area contributed by atoms with Crippen LogP contribution in [0.5, 0.6) is 0 Å². The summed E-state index contributed by atoms with van der Waals surface area (Å²) < 4.78 is 5.48. The molecule has 1 aliphatic heterocycles. The summed E-state index contributed by atoms with van der Waals surface area (Å²) in [5.74, 6) is -0.00102. The number of aliphatic hydroxyl groups excluding tert-OH is 1. The van der Waals surface area contributed by atoms with Crippen molar-refractivity contribution in [2.24, 2.45) is 0 Å². The Bertz CT molecular complexity index is 200. The number of ether oxygens (including phenoxy) is 1. The average Bonchev–Trinajstić information content (AvgIpc) is 2.67. The van der Waals surface area contributed by atoms with E-state index in [0.717, 1.165) is 19.4 Å². The second kappa shape index (κ2) is 6.08. The summed E-state index contributed by atoms with van der Waals surface area (Å²) in [5, 5.41) is 11.9. The lowest BCUT2D eigenvalue weighted by Crippen LogP contribution is -2.40. The van der Waals surface area contributed by atoms with Crippen molar-refractivity contribution in [1.29, 1.82) is 0 Å². The van der Waals surface area contributed by atoms with E-state index in [0.29, 0.717) is 12.8 Å². The molecule has 0 aromatic carbocycles. The topological polar surface area (TPSA) is 58.6 Å². The first kappa shape index (κ1) is 12.5. The molecule has 0 aliphatic carbocycles. The molecule has 0 spiro atoms. The summed E-state index contributed by atoms with van der Waals surface area (Å²) in [6.07, 6.45) is 2.77. The van der Waals surface area contributed by atoms with Gasteiger partial charge in [-0.05, 0) is 33.1 Å². The van der Waals surface area contributed by atoms with Crippen molar-refractivity contribution in [3.05, 3.63) is 0 Å². The molecule has 0 bridgehead atoms. The van der Waals surface area contributed by atoms with Crippen LogP contribution in [0.3, 0.4) is 0 Å². The lowest BCUT2D eigenvalue weighted by atomic mass is 10.1. The zero-order valence-electron chi connectivity index (χ0n) is 9.53. The fourth-order valence-corrected chi connectivity index (χ4v) is 1.76. The van der Waals surface area contributed by atoms with Crippen LogP contribution >= 0.6 is 0 Å². The van der Waals surface area contributed by atoms with Gasteiger partial charge in [0.25, 0.3) is 0 Å². The average molecular weight is 215 g/mol. The van der Waals surface area contributed by atoms with Crippen molar-refractivity contribution < 1.29 is 14.6 Å². The van der Waals surface area contributed by atoms with Crippen LogP contribution in [0.1, 0.15) is 39.5 Å². The second-order valence-electron chi connectivity index (χ2n) is 4.30. The summed E-state index contributed by atoms with van der Waals surface area (Å²) in [5.41, 5.74) is 0. The smallest absolute Gasteiger partial charge is 0.220 e. The molecule has 4 heteroatoms. The van der Waals surface area contributed by atoms with Gasteiger partial charge in [0.05, 0.1) is 18.2 Å². The zero-order chi connectivity index (χ0) is 11.3. The van der Waals surface area contributed by atoms with E-state index in [4.69, 9.17) is 9.84 Å². The molecule has 0 radical (unpaired) electrons. The third kappa shape index (κ3) is 4.62. The summed E-state index contributed by atoms with van der Waals surface area (Å²) in [4.78, 5) is 11.4.